The van der Waals surface area contributed by atoms with Crippen LogP contribution >= 0.6 is 11.3 Å². The van der Waals surface area contributed by atoms with Gasteiger partial charge in [0.25, 0.3) is 5.91 Å². The molecule has 1 saturated heterocycles. The minimum absolute atomic E-state index is 0.123. The van der Waals surface area contributed by atoms with Gasteiger partial charge in [-0.15, -0.1) is 11.3 Å². The van der Waals surface area contributed by atoms with Crippen molar-refractivity contribution < 1.29 is 4.79 Å². The Balaban J connectivity index is 1.35. The number of carbonyl (C=O) groups excluding carboxylic acids is 1. The SMILES string of the molecule is Cc1nn(C)c(C)c1CCNC(=O)c1csc(Nc2nccc([C@H]3CCCN3CC#N)n2)n1. The number of nitriles is 1. The molecule has 172 valence electrons. The molecule has 0 bridgehead atoms. The van der Waals surface area contributed by atoms with Crippen molar-refractivity contribution in [1.29, 1.82) is 5.26 Å². The number of anilines is 2. The van der Waals surface area contributed by atoms with E-state index in [2.05, 4.69) is 41.7 Å². The number of hydrogen-bond acceptors (Lipinski definition) is 9. The summed E-state index contributed by atoms with van der Waals surface area (Å²) in [6, 6.07) is 4.23. The number of aromatic nitrogens is 5. The maximum Gasteiger partial charge on any atom is 0.270 e. The number of thiazole rings is 1. The average Bonchev–Trinajstić information content (AvgIpc) is 3.51. The first-order chi connectivity index (χ1) is 16.0. The van der Waals surface area contributed by atoms with Crippen molar-refractivity contribution in [1.82, 2.24) is 34.9 Å². The lowest BCUT2D eigenvalue weighted by Crippen LogP contribution is -2.26. The number of likely N-dealkylation sites (tertiary alicyclic amines) is 1. The Bertz CT molecular complexity index is 1180. The van der Waals surface area contributed by atoms with Crippen LogP contribution in [0.5, 0.6) is 0 Å². The Hall–Kier alpha value is -3.36. The molecule has 3 aromatic rings. The molecule has 0 saturated carbocycles. The summed E-state index contributed by atoms with van der Waals surface area (Å²) in [5.74, 6) is 0.214. The van der Waals surface area contributed by atoms with Gasteiger partial charge in [0, 0.05) is 30.9 Å². The van der Waals surface area contributed by atoms with Gasteiger partial charge in [-0.2, -0.15) is 10.4 Å². The first-order valence-electron chi connectivity index (χ1n) is 10.9. The largest absolute Gasteiger partial charge is 0.350 e. The highest BCUT2D eigenvalue weighted by atomic mass is 32.1. The summed E-state index contributed by atoms with van der Waals surface area (Å²) >= 11 is 1.33. The van der Waals surface area contributed by atoms with Crippen LogP contribution in [-0.4, -0.2) is 55.2 Å². The summed E-state index contributed by atoms with van der Waals surface area (Å²) in [4.78, 5) is 27.9. The van der Waals surface area contributed by atoms with E-state index in [1.807, 2.05) is 31.6 Å². The van der Waals surface area contributed by atoms with Crippen molar-refractivity contribution in [3.8, 4) is 6.07 Å². The predicted molar refractivity (Wildman–Crippen MR) is 125 cm³/mol. The van der Waals surface area contributed by atoms with E-state index >= 15 is 0 Å². The van der Waals surface area contributed by atoms with Crippen LogP contribution in [-0.2, 0) is 13.5 Å². The molecule has 11 heteroatoms. The molecular formula is C22H27N9OS. The summed E-state index contributed by atoms with van der Waals surface area (Å²) < 4.78 is 1.86. The molecule has 4 heterocycles. The lowest BCUT2D eigenvalue weighted by molar-refractivity contribution is 0.0950. The van der Waals surface area contributed by atoms with E-state index in [-0.39, 0.29) is 11.9 Å². The van der Waals surface area contributed by atoms with Crippen LogP contribution in [0.4, 0.5) is 11.1 Å². The fourth-order valence-corrected chi connectivity index (χ4v) is 4.85. The molecule has 0 aliphatic carbocycles. The van der Waals surface area contributed by atoms with Gasteiger partial charge in [-0.1, -0.05) is 0 Å². The topological polar surface area (TPSA) is 125 Å². The monoisotopic (exact) mass is 465 g/mol. The van der Waals surface area contributed by atoms with Crippen molar-refractivity contribution in [2.75, 3.05) is 25.0 Å². The summed E-state index contributed by atoms with van der Waals surface area (Å²) in [6.07, 6.45) is 4.44. The van der Waals surface area contributed by atoms with Gasteiger partial charge in [-0.3, -0.25) is 14.4 Å². The van der Waals surface area contributed by atoms with Gasteiger partial charge in [0.1, 0.15) is 5.69 Å². The third-order valence-electron chi connectivity index (χ3n) is 5.93. The van der Waals surface area contributed by atoms with Crippen LogP contribution in [0.15, 0.2) is 17.6 Å². The highest BCUT2D eigenvalue weighted by Crippen LogP contribution is 2.30. The van der Waals surface area contributed by atoms with Crippen molar-refractivity contribution in [3.63, 3.8) is 0 Å². The van der Waals surface area contributed by atoms with E-state index in [1.54, 1.807) is 11.6 Å². The number of nitrogens with one attached hydrogen (secondary N) is 2. The van der Waals surface area contributed by atoms with E-state index in [0.717, 1.165) is 48.5 Å². The van der Waals surface area contributed by atoms with E-state index in [0.29, 0.717) is 29.9 Å². The summed E-state index contributed by atoms with van der Waals surface area (Å²) in [5.41, 5.74) is 4.49. The van der Waals surface area contributed by atoms with Crippen LogP contribution in [0, 0.1) is 25.2 Å². The maximum absolute atomic E-state index is 12.5. The maximum atomic E-state index is 12.5. The van der Waals surface area contributed by atoms with Gasteiger partial charge in [-0.05, 0) is 51.3 Å². The van der Waals surface area contributed by atoms with Crippen molar-refractivity contribution in [3.05, 3.63) is 46.0 Å². The molecular weight excluding hydrogens is 438 g/mol. The molecule has 10 nitrogen and oxygen atoms in total. The minimum Gasteiger partial charge on any atom is -0.350 e. The second kappa shape index (κ2) is 10.1. The number of aryl methyl sites for hydroxylation is 2. The fourth-order valence-electron chi connectivity index (χ4n) is 4.16. The lowest BCUT2D eigenvalue weighted by Gasteiger charge is -2.21. The number of amides is 1. The number of carbonyl (C=O) groups is 1. The highest BCUT2D eigenvalue weighted by Gasteiger charge is 2.27. The normalized spacial score (nSPS) is 16.0. The summed E-state index contributed by atoms with van der Waals surface area (Å²) in [5, 5.41) is 21.8. The van der Waals surface area contributed by atoms with Crippen molar-refractivity contribution in [2.45, 2.75) is 39.2 Å². The second-order valence-electron chi connectivity index (χ2n) is 8.03. The van der Waals surface area contributed by atoms with Gasteiger partial charge in [0.05, 0.1) is 30.0 Å². The molecule has 1 atom stereocenters. The fraction of sp³-hybridized carbons (Fsp3) is 0.455. The number of hydrogen-bond donors (Lipinski definition) is 2. The Labute approximate surface area is 196 Å². The van der Waals surface area contributed by atoms with Crippen LogP contribution in [0.25, 0.3) is 0 Å². The van der Waals surface area contributed by atoms with Crippen molar-refractivity contribution in [2.24, 2.45) is 7.05 Å². The standard InChI is InChI=1S/C22H27N9OS/c1-14-16(15(2)30(3)29-14)6-9-24-20(32)18-13-33-22(27-18)28-21-25-10-7-17(26-21)19-5-4-11-31(19)12-8-23/h7,10,13,19H,4-6,9,11-12H2,1-3H3,(H,24,32)(H,25,26,27,28)/t19-/m1/s1. The Morgan fingerprint density at radius 3 is 2.97 bits per heavy atom. The summed E-state index contributed by atoms with van der Waals surface area (Å²) in [6.45, 7) is 5.81. The Kier molecular flexibility index (Phi) is 6.96. The molecule has 0 spiro atoms. The zero-order valence-electron chi connectivity index (χ0n) is 19.0. The minimum atomic E-state index is -0.216. The van der Waals surface area contributed by atoms with Crippen LogP contribution in [0.2, 0.25) is 0 Å². The first-order valence-corrected chi connectivity index (χ1v) is 11.8. The van der Waals surface area contributed by atoms with Gasteiger partial charge in [0.15, 0.2) is 5.13 Å². The average molecular weight is 466 g/mol. The van der Waals surface area contributed by atoms with Gasteiger partial charge in [-0.25, -0.2) is 15.0 Å². The van der Waals surface area contributed by atoms with Crippen LogP contribution in [0.3, 0.4) is 0 Å². The zero-order valence-corrected chi connectivity index (χ0v) is 19.8. The van der Waals surface area contributed by atoms with Gasteiger partial charge >= 0.3 is 0 Å². The lowest BCUT2D eigenvalue weighted by atomic mass is 10.1. The van der Waals surface area contributed by atoms with E-state index in [4.69, 9.17) is 5.26 Å². The molecule has 3 aromatic heterocycles. The van der Waals surface area contributed by atoms with E-state index in [9.17, 15) is 4.79 Å². The van der Waals surface area contributed by atoms with E-state index < -0.39 is 0 Å². The van der Waals surface area contributed by atoms with Crippen LogP contribution in [0.1, 0.15) is 52.0 Å². The van der Waals surface area contributed by atoms with Crippen molar-refractivity contribution >= 4 is 28.3 Å². The molecule has 0 radical (unpaired) electrons. The van der Waals surface area contributed by atoms with E-state index in [1.165, 1.54) is 11.3 Å². The third-order valence-corrected chi connectivity index (χ3v) is 6.69. The van der Waals surface area contributed by atoms with Crippen LogP contribution < -0.4 is 10.6 Å². The Morgan fingerprint density at radius 1 is 1.36 bits per heavy atom. The molecule has 4 rings (SSSR count). The second-order valence-corrected chi connectivity index (χ2v) is 8.89. The van der Waals surface area contributed by atoms with Gasteiger partial charge < -0.3 is 10.6 Å². The predicted octanol–water partition coefficient (Wildman–Crippen LogP) is 2.66. The first kappa shape index (κ1) is 22.8. The molecule has 1 aliphatic heterocycles. The molecule has 1 fully saturated rings. The quantitative estimate of drug-likeness (QED) is 0.487. The molecule has 1 amide bonds. The number of nitrogens with zero attached hydrogens (tertiary/aromatic N) is 7. The summed E-state index contributed by atoms with van der Waals surface area (Å²) in [7, 11) is 1.92. The molecule has 33 heavy (non-hydrogen) atoms. The van der Waals surface area contributed by atoms with Gasteiger partial charge in [0.2, 0.25) is 5.95 Å². The molecule has 1 aliphatic rings. The Morgan fingerprint density at radius 2 is 2.21 bits per heavy atom. The number of rotatable bonds is 8. The third kappa shape index (κ3) is 5.18. The molecule has 0 unspecified atom stereocenters. The molecule has 0 aromatic carbocycles. The zero-order chi connectivity index (χ0) is 23.4. The molecule has 2 N–H and O–H groups in total. The smallest absolute Gasteiger partial charge is 0.270 e. The highest BCUT2D eigenvalue weighted by molar-refractivity contribution is 7.14.